The zero-order valence-electron chi connectivity index (χ0n) is 19.8. The summed E-state index contributed by atoms with van der Waals surface area (Å²) in [7, 11) is -4.02. The molecule has 14 heteroatoms. The van der Waals surface area contributed by atoms with Crippen LogP contribution in [0.5, 0.6) is 5.75 Å². The van der Waals surface area contributed by atoms with Crippen LogP contribution in [0.4, 0.5) is 32.4 Å². The van der Waals surface area contributed by atoms with Gasteiger partial charge in [0, 0.05) is 24.3 Å². The van der Waals surface area contributed by atoms with Crippen LogP contribution < -0.4 is 9.64 Å². The lowest BCUT2D eigenvalue weighted by atomic mass is 9.86. The average Bonchev–Trinajstić information content (AvgIpc) is 3.22. The molecule has 1 saturated heterocycles. The zero-order chi connectivity index (χ0) is 27.6. The van der Waals surface area contributed by atoms with E-state index in [9.17, 15) is 40.3 Å². The Hall–Kier alpha value is -2.97. The Morgan fingerprint density at radius 1 is 1.05 bits per heavy atom. The summed E-state index contributed by atoms with van der Waals surface area (Å²) in [6.07, 6.45) is -3.11. The van der Waals surface area contributed by atoms with Crippen molar-refractivity contribution in [1.29, 1.82) is 0 Å². The zero-order valence-corrected chi connectivity index (χ0v) is 20.6. The molecule has 3 rings (SSSR count). The highest BCUT2D eigenvalue weighted by atomic mass is 32.2. The molecule has 0 radical (unpaired) electrons. The Morgan fingerprint density at radius 2 is 1.68 bits per heavy atom. The molecule has 0 unspecified atom stereocenters. The van der Waals surface area contributed by atoms with Crippen LogP contribution in [-0.2, 0) is 19.9 Å². The lowest BCUT2D eigenvalue weighted by Gasteiger charge is -2.39. The van der Waals surface area contributed by atoms with Gasteiger partial charge in [-0.1, -0.05) is 18.2 Å². The third kappa shape index (κ3) is 6.48. The Kier molecular flexibility index (Phi) is 8.34. The molecule has 37 heavy (non-hydrogen) atoms. The van der Waals surface area contributed by atoms with Crippen LogP contribution in [0.2, 0.25) is 0 Å². The average molecular weight is 553 g/mol. The molecule has 2 aromatic rings. The number of carbonyl (C=O) groups excluding carboxylic acids is 1. The molecule has 2 atom stereocenters. The van der Waals surface area contributed by atoms with Crippen LogP contribution in [0.15, 0.2) is 48.5 Å². The Morgan fingerprint density at radius 3 is 2.24 bits per heavy atom. The lowest BCUT2D eigenvalue weighted by molar-refractivity contribution is -0.148. The van der Waals surface area contributed by atoms with Crippen LogP contribution in [0.25, 0.3) is 0 Å². The summed E-state index contributed by atoms with van der Waals surface area (Å²) in [5.41, 5.74) is -2.19. The second kappa shape index (κ2) is 10.8. The third-order valence-electron chi connectivity index (χ3n) is 5.93. The molecule has 0 aliphatic carbocycles. The molecular formula is C23H25F5N2O6S. The number of nitrogens with zero attached hydrogens (tertiary/aromatic N) is 2. The van der Waals surface area contributed by atoms with Crippen molar-refractivity contribution < 1.29 is 49.2 Å². The molecule has 0 aromatic heterocycles. The van der Waals surface area contributed by atoms with E-state index in [1.165, 1.54) is 59.2 Å². The van der Waals surface area contributed by atoms with Gasteiger partial charge in [-0.25, -0.2) is 18.0 Å². The molecule has 1 aliphatic rings. The molecular weight excluding hydrogens is 527 g/mol. The highest BCUT2D eigenvalue weighted by Gasteiger charge is 2.46. The van der Waals surface area contributed by atoms with Crippen molar-refractivity contribution in [2.75, 3.05) is 37.5 Å². The van der Waals surface area contributed by atoms with E-state index in [2.05, 4.69) is 0 Å². The summed E-state index contributed by atoms with van der Waals surface area (Å²) < 4.78 is 98.1. The lowest BCUT2D eigenvalue weighted by Crippen LogP contribution is -2.53. The second-order valence-corrected chi connectivity index (χ2v) is 10.2. The summed E-state index contributed by atoms with van der Waals surface area (Å²) in [5.74, 6) is -5.27. The third-order valence-corrected chi connectivity index (χ3v) is 6.48. The van der Waals surface area contributed by atoms with Crippen LogP contribution in [0, 0.1) is 5.82 Å². The molecule has 0 bridgehead atoms. The van der Waals surface area contributed by atoms with Gasteiger partial charge in [0.15, 0.2) is 6.61 Å². The van der Waals surface area contributed by atoms with Gasteiger partial charge in [0.05, 0.1) is 12.3 Å². The minimum atomic E-state index is -4.32. The summed E-state index contributed by atoms with van der Waals surface area (Å²) in [6, 6.07) is 8.56. The van der Waals surface area contributed by atoms with Crippen LogP contribution in [0.1, 0.15) is 12.5 Å². The molecule has 1 N–H and O–H groups in total. The standard InChI is InChI=1S/C23H25F5N2O6S/c1-15(22(32,13-36-37(2,33)34)18-5-3-4-6-19(18)24)29-11-12-30(21(29)31)16-7-9-17(10-8-16)35-14-23(27,28)20(25)26/h3-10,15,20,32H,11-14H2,1-2H3/t15-,22+/m1/s1. The number of ether oxygens (including phenoxy) is 1. The van der Waals surface area contributed by atoms with Gasteiger partial charge in [0.2, 0.25) is 0 Å². The predicted octanol–water partition coefficient (Wildman–Crippen LogP) is 3.60. The van der Waals surface area contributed by atoms with Gasteiger partial charge < -0.3 is 14.7 Å². The Balaban J connectivity index is 1.79. The summed E-state index contributed by atoms with van der Waals surface area (Å²) in [6.45, 7) is -0.781. The monoisotopic (exact) mass is 552 g/mol. The molecule has 2 aromatic carbocycles. The van der Waals surface area contributed by atoms with E-state index in [0.29, 0.717) is 5.69 Å². The fourth-order valence-corrected chi connectivity index (χ4v) is 4.20. The van der Waals surface area contributed by atoms with Gasteiger partial charge in [-0.15, -0.1) is 0 Å². The number of alkyl halides is 4. The van der Waals surface area contributed by atoms with Crippen molar-refractivity contribution in [1.82, 2.24) is 4.90 Å². The number of carbonyl (C=O) groups is 1. The van der Waals surface area contributed by atoms with Gasteiger partial charge >= 0.3 is 18.4 Å². The van der Waals surface area contributed by atoms with E-state index in [1.807, 2.05) is 0 Å². The predicted molar refractivity (Wildman–Crippen MR) is 123 cm³/mol. The summed E-state index contributed by atoms with van der Waals surface area (Å²) >= 11 is 0. The van der Waals surface area contributed by atoms with Crippen molar-refractivity contribution in [2.45, 2.75) is 30.9 Å². The van der Waals surface area contributed by atoms with Gasteiger partial charge in [0.25, 0.3) is 10.1 Å². The molecule has 8 nitrogen and oxygen atoms in total. The highest BCUT2D eigenvalue weighted by molar-refractivity contribution is 7.85. The summed E-state index contributed by atoms with van der Waals surface area (Å²) in [5, 5.41) is 11.5. The number of hydrogen-bond acceptors (Lipinski definition) is 6. The van der Waals surface area contributed by atoms with Gasteiger partial charge in [-0.05, 0) is 37.3 Å². The quantitative estimate of drug-likeness (QED) is 0.338. The number of aliphatic hydroxyl groups is 1. The fraction of sp³-hybridized carbons (Fsp3) is 0.435. The van der Waals surface area contributed by atoms with E-state index in [1.54, 1.807) is 0 Å². The first kappa shape index (κ1) is 28.6. The minimum Gasteiger partial charge on any atom is -0.487 e. The minimum absolute atomic E-state index is 0.0640. The molecule has 204 valence electrons. The number of amides is 2. The number of hydrogen-bond donors (Lipinski definition) is 1. The largest absolute Gasteiger partial charge is 0.487 e. The smallest absolute Gasteiger partial charge is 0.340 e. The Bertz CT molecular complexity index is 1210. The van der Waals surface area contributed by atoms with Crippen LogP contribution in [0.3, 0.4) is 0 Å². The maximum atomic E-state index is 14.6. The first-order valence-corrected chi connectivity index (χ1v) is 12.8. The first-order valence-electron chi connectivity index (χ1n) is 10.9. The van der Waals surface area contributed by atoms with Crippen molar-refractivity contribution >= 4 is 21.8 Å². The maximum Gasteiger partial charge on any atom is 0.340 e. The van der Waals surface area contributed by atoms with Gasteiger partial charge in [-0.2, -0.15) is 17.2 Å². The SMILES string of the molecule is C[C@@H](N1CCN(c2ccc(OCC(F)(F)C(F)F)cc2)C1=O)[C@@](O)(COS(C)(=O)=O)c1ccccc1F. The van der Waals surface area contributed by atoms with E-state index >= 15 is 0 Å². The van der Waals surface area contributed by atoms with Gasteiger partial charge in [-0.3, -0.25) is 9.08 Å². The summed E-state index contributed by atoms with van der Waals surface area (Å²) in [4.78, 5) is 15.7. The normalized spacial score (nSPS) is 17.3. The Labute approximate surface area is 210 Å². The van der Waals surface area contributed by atoms with Crippen LogP contribution in [-0.4, -0.2) is 75.4 Å². The van der Waals surface area contributed by atoms with Crippen LogP contribution >= 0.6 is 0 Å². The fourth-order valence-electron chi connectivity index (χ4n) is 3.81. The first-order chi connectivity index (χ1) is 17.2. The van der Waals surface area contributed by atoms with Crippen molar-refractivity contribution in [3.05, 3.63) is 59.9 Å². The van der Waals surface area contributed by atoms with E-state index < -0.39 is 59.2 Å². The van der Waals surface area contributed by atoms with Crippen molar-refractivity contribution in [3.8, 4) is 5.75 Å². The van der Waals surface area contributed by atoms with Gasteiger partial charge in [0.1, 0.15) is 23.8 Å². The van der Waals surface area contributed by atoms with Crippen molar-refractivity contribution in [3.63, 3.8) is 0 Å². The molecule has 1 aliphatic heterocycles. The topological polar surface area (TPSA) is 96.4 Å². The van der Waals surface area contributed by atoms with Crippen molar-refractivity contribution in [2.24, 2.45) is 0 Å². The molecule has 2 amide bonds. The number of benzene rings is 2. The number of rotatable bonds is 11. The number of halogens is 5. The van der Waals surface area contributed by atoms with E-state index in [-0.39, 0.29) is 24.4 Å². The van der Waals surface area contributed by atoms with E-state index in [4.69, 9.17) is 8.92 Å². The number of anilines is 1. The molecule has 0 spiro atoms. The highest BCUT2D eigenvalue weighted by Crippen LogP contribution is 2.34. The molecule has 1 heterocycles. The molecule has 1 fully saturated rings. The number of urea groups is 1. The maximum absolute atomic E-state index is 14.6. The second-order valence-electron chi connectivity index (χ2n) is 8.52. The molecule has 0 saturated carbocycles. The van der Waals surface area contributed by atoms with E-state index in [0.717, 1.165) is 12.3 Å².